The number of methoxy groups -OCH3 is 1. The van der Waals surface area contributed by atoms with Crippen molar-refractivity contribution in [2.45, 2.75) is 24.2 Å². The number of hydrogen-bond acceptors (Lipinski definition) is 6. The summed E-state index contributed by atoms with van der Waals surface area (Å²) in [5.74, 6) is 1.25. The predicted octanol–water partition coefficient (Wildman–Crippen LogP) is 1.83. The fraction of sp³-hybridized carbons (Fsp3) is 0.700. The lowest BCUT2D eigenvalue weighted by molar-refractivity contribution is 0.0343. The molecule has 0 aliphatic carbocycles. The van der Waals surface area contributed by atoms with Crippen molar-refractivity contribution in [3.05, 3.63) is 24.3 Å². The van der Waals surface area contributed by atoms with Crippen LogP contribution < -0.4 is 4.74 Å². The molecule has 0 amide bonds. The predicted molar refractivity (Wildman–Crippen MR) is 107 cm³/mol. The number of ether oxygens (including phenoxy) is 3. The van der Waals surface area contributed by atoms with E-state index in [4.69, 9.17) is 14.2 Å². The smallest absolute Gasteiger partial charge is 0.243 e. The van der Waals surface area contributed by atoms with E-state index in [1.165, 1.54) is 0 Å². The molecule has 7 nitrogen and oxygen atoms in total. The van der Waals surface area contributed by atoms with E-state index in [1.54, 1.807) is 35.7 Å². The molecule has 0 aromatic heterocycles. The Kier molecular flexibility index (Phi) is 8.11. The third-order valence-electron chi connectivity index (χ3n) is 5.55. The minimum Gasteiger partial charge on any atom is -0.491 e. The fourth-order valence-corrected chi connectivity index (χ4v) is 5.20. The molecule has 1 aromatic rings. The molecule has 2 aliphatic rings. The maximum Gasteiger partial charge on any atom is 0.243 e. The van der Waals surface area contributed by atoms with Crippen LogP contribution in [0.15, 0.2) is 29.2 Å². The van der Waals surface area contributed by atoms with Gasteiger partial charge in [-0.3, -0.25) is 4.90 Å². The zero-order valence-electron chi connectivity index (χ0n) is 16.7. The van der Waals surface area contributed by atoms with Gasteiger partial charge >= 0.3 is 0 Å². The number of hydrogen-bond donors (Lipinski definition) is 0. The molecule has 0 unspecified atom stereocenters. The Hall–Kier alpha value is -1.19. The highest BCUT2D eigenvalue weighted by Crippen LogP contribution is 2.27. The van der Waals surface area contributed by atoms with E-state index in [2.05, 4.69) is 4.90 Å². The first-order chi connectivity index (χ1) is 13.6. The SMILES string of the molecule is COCCOc1ccc(S(=O)(=O)N2CCC(CCN3CCOCC3)CC2)cc1. The molecule has 0 atom stereocenters. The summed E-state index contributed by atoms with van der Waals surface area (Å²) in [4.78, 5) is 2.78. The maximum atomic E-state index is 12.9. The number of morpholine rings is 1. The van der Waals surface area contributed by atoms with Crippen LogP contribution in [0.3, 0.4) is 0 Å². The number of nitrogens with zero attached hydrogens (tertiary/aromatic N) is 2. The van der Waals surface area contributed by atoms with E-state index in [0.29, 0.717) is 42.9 Å². The number of rotatable bonds is 9. The Morgan fingerprint density at radius 1 is 1.04 bits per heavy atom. The highest BCUT2D eigenvalue weighted by atomic mass is 32.2. The van der Waals surface area contributed by atoms with Crippen LogP contribution in [0.25, 0.3) is 0 Å². The Morgan fingerprint density at radius 2 is 1.71 bits per heavy atom. The summed E-state index contributed by atoms with van der Waals surface area (Å²) >= 11 is 0. The average molecular weight is 413 g/mol. The molecule has 3 rings (SSSR count). The van der Waals surface area contributed by atoms with Crippen LogP contribution in [0.2, 0.25) is 0 Å². The molecule has 1 aromatic carbocycles. The Labute approximate surface area is 168 Å². The lowest BCUT2D eigenvalue weighted by atomic mass is 9.94. The molecule has 2 saturated heterocycles. The van der Waals surface area contributed by atoms with Gasteiger partial charge in [0.25, 0.3) is 0 Å². The average Bonchev–Trinajstić information content (AvgIpc) is 2.74. The second kappa shape index (κ2) is 10.5. The van der Waals surface area contributed by atoms with Crippen LogP contribution in [-0.2, 0) is 19.5 Å². The number of piperidine rings is 1. The van der Waals surface area contributed by atoms with Gasteiger partial charge in [0.1, 0.15) is 12.4 Å². The van der Waals surface area contributed by atoms with Gasteiger partial charge in [-0.2, -0.15) is 4.31 Å². The standard InChI is InChI=1S/C20H32N2O5S/c1-25-16-17-27-19-2-4-20(5-3-19)28(23,24)22-10-7-18(8-11-22)6-9-21-12-14-26-15-13-21/h2-5,18H,6-17H2,1H3. The summed E-state index contributed by atoms with van der Waals surface area (Å²) in [7, 11) is -1.82. The van der Waals surface area contributed by atoms with Crippen LogP contribution in [0, 0.1) is 5.92 Å². The van der Waals surface area contributed by atoms with Crippen molar-refractivity contribution in [2.24, 2.45) is 5.92 Å². The van der Waals surface area contributed by atoms with Crippen molar-refractivity contribution in [1.82, 2.24) is 9.21 Å². The van der Waals surface area contributed by atoms with Crippen molar-refractivity contribution in [2.75, 3.05) is 66.3 Å². The summed E-state index contributed by atoms with van der Waals surface area (Å²) in [6.07, 6.45) is 3.00. The minimum absolute atomic E-state index is 0.332. The van der Waals surface area contributed by atoms with Gasteiger partial charge < -0.3 is 14.2 Å². The lowest BCUT2D eigenvalue weighted by Gasteiger charge is -2.33. The van der Waals surface area contributed by atoms with Crippen molar-refractivity contribution in [3.63, 3.8) is 0 Å². The van der Waals surface area contributed by atoms with Gasteiger partial charge in [0.05, 0.1) is 24.7 Å². The molecule has 8 heteroatoms. The monoisotopic (exact) mass is 412 g/mol. The van der Waals surface area contributed by atoms with E-state index < -0.39 is 10.0 Å². The normalized spacial score (nSPS) is 20.3. The second-order valence-electron chi connectivity index (χ2n) is 7.40. The number of sulfonamides is 1. The van der Waals surface area contributed by atoms with Gasteiger partial charge in [-0.15, -0.1) is 0 Å². The number of benzene rings is 1. The first-order valence-corrected chi connectivity index (χ1v) is 11.6. The highest BCUT2D eigenvalue weighted by Gasteiger charge is 2.29. The zero-order chi connectivity index (χ0) is 19.8. The largest absolute Gasteiger partial charge is 0.491 e. The molecule has 0 bridgehead atoms. The van der Waals surface area contributed by atoms with Crippen LogP contribution >= 0.6 is 0 Å². The molecule has 158 valence electrons. The molecule has 0 saturated carbocycles. The molecule has 2 aliphatic heterocycles. The van der Waals surface area contributed by atoms with Crippen molar-refractivity contribution >= 4 is 10.0 Å². The van der Waals surface area contributed by atoms with Crippen LogP contribution in [0.1, 0.15) is 19.3 Å². The first kappa shape index (κ1) is 21.5. The minimum atomic E-state index is -3.44. The molecular weight excluding hydrogens is 380 g/mol. The second-order valence-corrected chi connectivity index (χ2v) is 9.34. The van der Waals surface area contributed by atoms with Crippen LogP contribution in [0.5, 0.6) is 5.75 Å². The van der Waals surface area contributed by atoms with E-state index in [-0.39, 0.29) is 0 Å². The lowest BCUT2D eigenvalue weighted by Crippen LogP contribution is -2.40. The summed E-state index contributed by atoms with van der Waals surface area (Å²) in [6, 6.07) is 6.67. The maximum absolute atomic E-state index is 12.9. The molecule has 0 spiro atoms. The van der Waals surface area contributed by atoms with E-state index in [1.807, 2.05) is 0 Å². The van der Waals surface area contributed by atoms with Crippen LogP contribution in [0.4, 0.5) is 0 Å². The molecular formula is C20H32N2O5S. The van der Waals surface area contributed by atoms with E-state index in [0.717, 1.165) is 52.1 Å². The Morgan fingerprint density at radius 3 is 2.36 bits per heavy atom. The van der Waals surface area contributed by atoms with E-state index >= 15 is 0 Å². The summed E-state index contributed by atoms with van der Waals surface area (Å²) in [5, 5.41) is 0. The third-order valence-corrected chi connectivity index (χ3v) is 7.46. The molecule has 2 fully saturated rings. The summed E-state index contributed by atoms with van der Waals surface area (Å²) in [5.41, 5.74) is 0. The van der Waals surface area contributed by atoms with Gasteiger partial charge in [-0.1, -0.05) is 0 Å². The molecule has 0 radical (unpaired) electrons. The fourth-order valence-electron chi connectivity index (χ4n) is 3.73. The van der Waals surface area contributed by atoms with Gasteiger partial charge in [0, 0.05) is 33.3 Å². The van der Waals surface area contributed by atoms with E-state index in [9.17, 15) is 8.42 Å². The van der Waals surface area contributed by atoms with Gasteiger partial charge in [-0.05, 0) is 56.0 Å². The first-order valence-electron chi connectivity index (χ1n) is 10.1. The van der Waals surface area contributed by atoms with Crippen LogP contribution in [-0.4, -0.2) is 83.9 Å². The zero-order valence-corrected chi connectivity index (χ0v) is 17.5. The summed E-state index contributed by atoms with van der Waals surface area (Å²) in [6.45, 7) is 6.91. The molecule has 28 heavy (non-hydrogen) atoms. The van der Waals surface area contributed by atoms with Gasteiger partial charge in [-0.25, -0.2) is 8.42 Å². The van der Waals surface area contributed by atoms with Crippen molar-refractivity contribution in [3.8, 4) is 5.75 Å². The van der Waals surface area contributed by atoms with Crippen molar-refractivity contribution < 1.29 is 22.6 Å². The van der Waals surface area contributed by atoms with Gasteiger partial charge in [0.15, 0.2) is 0 Å². The van der Waals surface area contributed by atoms with Gasteiger partial charge in [0.2, 0.25) is 10.0 Å². The highest BCUT2D eigenvalue weighted by molar-refractivity contribution is 7.89. The summed E-state index contributed by atoms with van der Waals surface area (Å²) < 4.78 is 43.3. The Balaban J connectivity index is 1.47. The third kappa shape index (κ3) is 5.90. The topological polar surface area (TPSA) is 68.3 Å². The quantitative estimate of drug-likeness (QED) is 0.577. The Bertz CT molecular complexity index is 681. The molecule has 0 N–H and O–H groups in total. The van der Waals surface area contributed by atoms with Crippen molar-refractivity contribution in [1.29, 1.82) is 0 Å². The molecule has 2 heterocycles.